The van der Waals surface area contributed by atoms with Crippen molar-refractivity contribution in [1.29, 1.82) is 0 Å². The first-order chi connectivity index (χ1) is 11.4. The van der Waals surface area contributed by atoms with Gasteiger partial charge < -0.3 is 10.1 Å². The summed E-state index contributed by atoms with van der Waals surface area (Å²) in [7, 11) is -3.19. The average Bonchev–Trinajstić information content (AvgIpc) is 2.52. The predicted octanol–water partition coefficient (Wildman–Crippen LogP) is 0.961. The molecule has 1 saturated heterocycles. The molecule has 2 fully saturated rings. The zero-order valence-corrected chi connectivity index (χ0v) is 14.8. The van der Waals surface area contributed by atoms with Crippen LogP contribution in [-0.4, -0.2) is 57.3 Å². The summed E-state index contributed by atoms with van der Waals surface area (Å²) in [5, 5.41) is 3.03. The summed E-state index contributed by atoms with van der Waals surface area (Å²) in [6.45, 7) is 3.38. The molecule has 1 saturated carbocycles. The maximum atomic E-state index is 12.8. The normalized spacial score (nSPS) is 21.0. The van der Waals surface area contributed by atoms with Gasteiger partial charge in [0.1, 0.15) is 5.54 Å². The van der Waals surface area contributed by atoms with Gasteiger partial charge in [0, 0.05) is 25.9 Å². The third-order valence-corrected chi connectivity index (χ3v) is 6.15. The molecule has 1 amide bonds. The second kappa shape index (κ2) is 6.82. The van der Waals surface area contributed by atoms with Gasteiger partial charge in [0.25, 0.3) is 0 Å². The molecule has 6 nitrogen and oxygen atoms in total. The molecule has 1 aliphatic heterocycles. The predicted molar refractivity (Wildman–Crippen MR) is 90.4 cm³/mol. The van der Waals surface area contributed by atoms with Crippen LogP contribution >= 0.6 is 0 Å². The van der Waals surface area contributed by atoms with Crippen molar-refractivity contribution >= 4 is 15.7 Å². The van der Waals surface area contributed by atoms with Crippen LogP contribution in [0.3, 0.4) is 0 Å². The van der Waals surface area contributed by atoms with Crippen molar-refractivity contribution in [3.8, 4) is 0 Å². The summed E-state index contributed by atoms with van der Waals surface area (Å²) in [4.78, 5) is 15.3. The molecule has 0 atom stereocenters. The maximum absolute atomic E-state index is 12.8. The number of hydrogen-bond acceptors (Lipinski definition) is 5. The summed E-state index contributed by atoms with van der Waals surface area (Å²) < 4.78 is 28.3. The molecule has 24 heavy (non-hydrogen) atoms. The lowest BCUT2D eigenvalue weighted by Crippen LogP contribution is -2.64. The number of hydrogen-bond donors (Lipinski definition) is 1. The van der Waals surface area contributed by atoms with Gasteiger partial charge in [-0.3, -0.25) is 9.69 Å². The van der Waals surface area contributed by atoms with E-state index < -0.39 is 9.84 Å². The van der Waals surface area contributed by atoms with E-state index in [9.17, 15) is 13.2 Å². The zero-order valence-electron chi connectivity index (χ0n) is 14.0. The van der Waals surface area contributed by atoms with E-state index in [0.717, 1.165) is 37.9 Å². The number of carbonyl (C=O) groups excluding carboxylic acids is 1. The van der Waals surface area contributed by atoms with E-state index in [2.05, 4.69) is 10.2 Å². The van der Waals surface area contributed by atoms with Gasteiger partial charge in [-0.15, -0.1) is 0 Å². The first-order valence-corrected chi connectivity index (χ1v) is 10.2. The Morgan fingerprint density at radius 1 is 1.21 bits per heavy atom. The number of rotatable bonds is 5. The van der Waals surface area contributed by atoms with E-state index in [1.807, 2.05) is 0 Å². The van der Waals surface area contributed by atoms with Crippen LogP contribution in [0.4, 0.5) is 0 Å². The molecule has 2 aliphatic rings. The SMILES string of the molecule is CS(=O)(=O)c1ccc(CNC(=O)C2(N3CCOCC3)CCC2)cc1. The van der Waals surface area contributed by atoms with E-state index in [0.29, 0.717) is 24.7 Å². The topological polar surface area (TPSA) is 75.7 Å². The van der Waals surface area contributed by atoms with E-state index in [1.54, 1.807) is 24.3 Å². The van der Waals surface area contributed by atoms with E-state index in [-0.39, 0.29) is 11.4 Å². The minimum Gasteiger partial charge on any atom is -0.379 e. The van der Waals surface area contributed by atoms with Gasteiger partial charge in [0.15, 0.2) is 9.84 Å². The highest BCUT2D eigenvalue weighted by molar-refractivity contribution is 7.90. The fraction of sp³-hybridized carbons (Fsp3) is 0.588. The Morgan fingerprint density at radius 3 is 2.33 bits per heavy atom. The van der Waals surface area contributed by atoms with Crippen LogP contribution in [-0.2, 0) is 25.9 Å². The van der Waals surface area contributed by atoms with Crippen LogP contribution in [0.25, 0.3) is 0 Å². The van der Waals surface area contributed by atoms with Crippen molar-refractivity contribution in [3.05, 3.63) is 29.8 Å². The summed E-state index contributed by atoms with van der Waals surface area (Å²) >= 11 is 0. The van der Waals surface area contributed by atoms with Gasteiger partial charge in [0.05, 0.1) is 18.1 Å². The van der Waals surface area contributed by atoms with Crippen molar-refractivity contribution in [2.75, 3.05) is 32.6 Å². The first kappa shape index (κ1) is 17.4. The minimum absolute atomic E-state index is 0.0721. The third kappa shape index (κ3) is 3.48. The summed E-state index contributed by atoms with van der Waals surface area (Å²) in [6, 6.07) is 6.66. The number of nitrogens with one attached hydrogen (secondary N) is 1. The standard InChI is InChI=1S/C17H24N2O4S/c1-24(21,22)15-5-3-14(4-6-15)13-18-16(20)17(7-2-8-17)19-9-11-23-12-10-19/h3-6H,2,7-13H2,1H3,(H,18,20). The second-order valence-corrected chi connectivity index (χ2v) is 8.60. The van der Waals surface area contributed by atoms with E-state index in [1.165, 1.54) is 6.26 Å². The smallest absolute Gasteiger partial charge is 0.240 e. The molecule has 1 aromatic carbocycles. The lowest BCUT2D eigenvalue weighted by Gasteiger charge is -2.50. The molecule has 0 bridgehead atoms. The maximum Gasteiger partial charge on any atom is 0.240 e. The molecule has 1 N–H and O–H groups in total. The Bertz CT molecular complexity index is 690. The van der Waals surface area contributed by atoms with Crippen LogP contribution in [0.15, 0.2) is 29.2 Å². The van der Waals surface area contributed by atoms with Crippen molar-refractivity contribution in [2.24, 2.45) is 0 Å². The molecule has 0 aromatic heterocycles. The van der Waals surface area contributed by atoms with Crippen LogP contribution < -0.4 is 5.32 Å². The molecule has 0 unspecified atom stereocenters. The van der Waals surface area contributed by atoms with Crippen LogP contribution in [0.2, 0.25) is 0 Å². The molecular weight excluding hydrogens is 328 g/mol. The Kier molecular flexibility index (Phi) is 4.94. The van der Waals surface area contributed by atoms with Gasteiger partial charge in [-0.25, -0.2) is 8.42 Å². The van der Waals surface area contributed by atoms with Crippen molar-refractivity contribution < 1.29 is 17.9 Å². The molecule has 1 heterocycles. The summed E-state index contributed by atoms with van der Waals surface area (Å²) in [6.07, 6.45) is 4.05. The Labute approximate surface area is 143 Å². The highest BCUT2D eigenvalue weighted by Crippen LogP contribution is 2.38. The quantitative estimate of drug-likeness (QED) is 0.854. The number of amides is 1. The number of benzene rings is 1. The molecular formula is C17H24N2O4S. The highest BCUT2D eigenvalue weighted by Gasteiger charge is 2.48. The Hall–Kier alpha value is -1.44. The third-order valence-electron chi connectivity index (χ3n) is 5.02. The van der Waals surface area contributed by atoms with Gasteiger partial charge >= 0.3 is 0 Å². The molecule has 7 heteroatoms. The number of carbonyl (C=O) groups is 1. The molecule has 0 spiro atoms. The van der Waals surface area contributed by atoms with Crippen LogP contribution in [0, 0.1) is 0 Å². The van der Waals surface area contributed by atoms with Crippen LogP contribution in [0.5, 0.6) is 0 Å². The molecule has 1 aliphatic carbocycles. The average molecular weight is 352 g/mol. The molecule has 132 valence electrons. The van der Waals surface area contributed by atoms with Crippen molar-refractivity contribution in [2.45, 2.75) is 36.2 Å². The first-order valence-electron chi connectivity index (χ1n) is 8.32. The number of nitrogens with zero attached hydrogens (tertiary/aromatic N) is 1. The van der Waals surface area contributed by atoms with Gasteiger partial charge in [-0.2, -0.15) is 0 Å². The highest BCUT2D eigenvalue weighted by atomic mass is 32.2. The second-order valence-electron chi connectivity index (χ2n) is 6.58. The largest absolute Gasteiger partial charge is 0.379 e. The molecule has 3 rings (SSSR count). The Balaban J connectivity index is 1.62. The lowest BCUT2D eigenvalue weighted by molar-refractivity contribution is -0.144. The molecule has 0 radical (unpaired) electrons. The van der Waals surface area contributed by atoms with Crippen LogP contribution in [0.1, 0.15) is 24.8 Å². The fourth-order valence-electron chi connectivity index (χ4n) is 3.39. The lowest BCUT2D eigenvalue weighted by atomic mass is 9.74. The van der Waals surface area contributed by atoms with E-state index >= 15 is 0 Å². The monoisotopic (exact) mass is 352 g/mol. The van der Waals surface area contributed by atoms with Gasteiger partial charge in [-0.05, 0) is 37.0 Å². The number of sulfone groups is 1. The van der Waals surface area contributed by atoms with Crippen molar-refractivity contribution in [1.82, 2.24) is 10.2 Å². The number of morpholine rings is 1. The van der Waals surface area contributed by atoms with Gasteiger partial charge in [0.2, 0.25) is 5.91 Å². The number of ether oxygens (including phenoxy) is 1. The fourth-order valence-corrected chi connectivity index (χ4v) is 4.02. The van der Waals surface area contributed by atoms with Gasteiger partial charge in [-0.1, -0.05) is 12.1 Å². The van der Waals surface area contributed by atoms with E-state index in [4.69, 9.17) is 4.74 Å². The van der Waals surface area contributed by atoms with Crippen molar-refractivity contribution in [3.63, 3.8) is 0 Å². The summed E-state index contributed by atoms with van der Waals surface area (Å²) in [5.74, 6) is 0.0721. The zero-order chi connectivity index (χ0) is 17.2. The molecule has 1 aromatic rings. The Morgan fingerprint density at radius 2 is 1.83 bits per heavy atom. The summed E-state index contributed by atoms with van der Waals surface area (Å²) in [5.41, 5.74) is 0.517. The minimum atomic E-state index is -3.19.